The van der Waals surface area contributed by atoms with Gasteiger partial charge in [0.1, 0.15) is 12.1 Å². The minimum Gasteiger partial charge on any atom is -0.480 e. The predicted molar refractivity (Wildman–Crippen MR) is 171 cm³/mol. The first-order valence-electron chi connectivity index (χ1n) is 12.5. The quantitative estimate of drug-likeness (QED) is 0.291. The molecule has 0 saturated heterocycles. The molecule has 8 nitrogen and oxygen atoms in total. The fourth-order valence-electron chi connectivity index (χ4n) is 4.43. The van der Waals surface area contributed by atoms with Crippen LogP contribution in [0.1, 0.15) is 24.2 Å². The lowest BCUT2D eigenvalue weighted by molar-refractivity contribution is -0.141. The normalized spacial score (nSPS) is 15.8. The second kappa shape index (κ2) is 12.7. The zero-order valence-electron chi connectivity index (χ0n) is 21.9. The summed E-state index contributed by atoms with van der Waals surface area (Å²) in [5.74, 6) is -2.81. The average Bonchev–Trinajstić information content (AvgIpc) is 3.69. The third-order valence-electron chi connectivity index (χ3n) is 6.42. The smallest absolute Gasteiger partial charge is 0.325 e. The summed E-state index contributed by atoms with van der Waals surface area (Å²) >= 11 is 6.68. The topological polar surface area (TPSA) is 125 Å². The molecule has 0 fully saturated rings. The number of carboxylic acid groups (broad SMARTS) is 1. The van der Waals surface area contributed by atoms with Crippen LogP contribution in [0, 0.1) is 0 Å². The Kier molecular flexibility index (Phi) is 9.03. The molecule has 3 aromatic rings. The van der Waals surface area contributed by atoms with Crippen molar-refractivity contribution in [1.82, 2.24) is 16.0 Å². The van der Waals surface area contributed by atoms with E-state index in [1.165, 1.54) is 18.1 Å². The molecule has 0 unspecified atom stereocenters. The van der Waals surface area contributed by atoms with Crippen molar-refractivity contribution in [2.24, 2.45) is 0 Å². The van der Waals surface area contributed by atoms with Crippen LogP contribution >= 0.6 is 47.0 Å². The molecular weight excluding hydrogens is 599 g/mol. The Morgan fingerprint density at radius 3 is 1.83 bits per heavy atom. The van der Waals surface area contributed by atoms with Gasteiger partial charge in [-0.05, 0) is 69.2 Å². The number of carbonyl (C=O) groups excluding carboxylic acids is 3. The van der Waals surface area contributed by atoms with Crippen LogP contribution < -0.4 is 26.4 Å². The van der Waals surface area contributed by atoms with E-state index >= 15 is 0 Å². The van der Waals surface area contributed by atoms with Crippen molar-refractivity contribution in [3.05, 3.63) is 80.1 Å². The molecule has 210 valence electrons. The Balaban J connectivity index is 1.47. The van der Waals surface area contributed by atoms with Crippen molar-refractivity contribution in [3.63, 3.8) is 0 Å². The molecule has 0 aromatic heterocycles. The van der Waals surface area contributed by atoms with Crippen LogP contribution in [0.2, 0.25) is 0 Å². The number of hydrogen-bond acceptors (Lipinski definition) is 8. The van der Waals surface area contributed by atoms with Gasteiger partial charge in [-0.15, -0.1) is 0 Å². The van der Waals surface area contributed by atoms with Crippen LogP contribution in [-0.2, 0) is 14.4 Å². The number of benzene rings is 3. The molecule has 4 N–H and O–H groups in total. The van der Waals surface area contributed by atoms with E-state index in [-0.39, 0.29) is 0 Å². The van der Waals surface area contributed by atoms with E-state index in [1.54, 1.807) is 53.1 Å². The van der Waals surface area contributed by atoms with Gasteiger partial charge in [0, 0.05) is 16.0 Å². The molecule has 5 rings (SSSR count). The van der Waals surface area contributed by atoms with Gasteiger partial charge in [-0.3, -0.25) is 19.2 Å². The standard InChI is InChI=1S/C29H25N3O5S4/c1-15(25(34)30-14-22(33)31-16(2)27(36)37)32-26(35)17-7-8-20-21(13-17)24(29-40-11-12-41-29)19-6-4-3-5-18(19)23(20)28-38-9-10-39-28/h3-13,15-16H,14H2,1-2H3,(H,30,34)(H,31,33)(H,32,35)(H,36,37)/t15-,16-/m0/s1. The summed E-state index contributed by atoms with van der Waals surface area (Å²) in [7, 11) is 0. The van der Waals surface area contributed by atoms with E-state index < -0.39 is 42.3 Å². The van der Waals surface area contributed by atoms with Gasteiger partial charge in [0.15, 0.2) is 0 Å². The molecule has 41 heavy (non-hydrogen) atoms. The number of fused-ring (bicyclic) bond motifs is 2. The molecule has 0 radical (unpaired) electrons. The van der Waals surface area contributed by atoms with Gasteiger partial charge in [-0.1, -0.05) is 77.4 Å². The van der Waals surface area contributed by atoms with Crippen molar-refractivity contribution in [3.8, 4) is 0 Å². The zero-order valence-corrected chi connectivity index (χ0v) is 25.2. The highest BCUT2D eigenvalue weighted by Gasteiger charge is 2.21. The highest BCUT2D eigenvalue weighted by molar-refractivity contribution is 8.35. The van der Waals surface area contributed by atoms with Crippen molar-refractivity contribution < 1.29 is 24.3 Å². The SMILES string of the molecule is C[C@H](NC(=O)CNC(=O)[C@H](C)NC(=O)c1ccc2c(=C3SC=CS3)c3ccccc3c(=C3SC=CS3)c2c1)C(=O)O. The average molecular weight is 624 g/mol. The number of carbonyl (C=O) groups is 4. The van der Waals surface area contributed by atoms with E-state index in [2.05, 4.69) is 49.7 Å². The Labute approximate surface area is 252 Å². The van der Waals surface area contributed by atoms with Crippen LogP contribution in [0.5, 0.6) is 0 Å². The number of amides is 3. The summed E-state index contributed by atoms with van der Waals surface area (Å²) in [6.45, 7) is 2.44. The summed E-state index contributed by atoms with van der Waals surface area (Å²) in [6, 6.07) is 11.9. The second-order valence-electron chi connectivity index (χ2n) is 9.19. The molecule has 2 aliphatic heterocycles. The van der Waals surface area contributed by atoms with Crippen molar-refractivity contribution in [2.75, 3.05) is 6.54 Å². The maximum atomic E-state index is 13.3. The molecule has 12 heteroatoms. The fraction of sp³-hybridized carbons (Fsp3) is 0.172. The monoisotopic (exact) mass is 623 g/mol. The number of hydrogen-bond donors (Lipinski definition) is 4. The lowest BCUT2D eigenvalue weighted by Gasteiger charge is -2.16. The van der Waals surface area contributed by atoms with E-state index in [0.717, 1.165) is 36.2 Å². The number of thioether (sulfide) groups is 4. The van der Waals surface area contributed by atoms with Crippen LogP contribution in [0.25, 0.3) is 30.0 Å². The maximum absolute atomic E-state index is 13.3. The lowest BCUT2D eigenvalue weighted by atomic mass is 9.97. The number of rotatable bonds is 7. The summed E-state index contributed by atoms with van der Waals surface area (Å²) in [4.78, 5) is 48.7. The highest BCUT2D eigenvalue weighted by Crippen LogP contribution is 2.41. The second-order valence-corrected chi connectivity index (χ2v) is 13.4. The molecule has 0 saturated carbocycles. The van der Waals surface area contributed by atoms with Gasteiger partial charge in [0.05, 0.1) is 15.0 Å². The fourth-order valence-corrected chi connectivity index (χ4v) is 8.27. The highest BCUT2D eigenvalue weighted by atomic mass is 32.2. The van der Waals surface area contributed by atoms with E-state index in [0.29, 0.717) is 5.56 Å². The third-order valence-corrected chi connectivity index (χ3v) is 10.7. The molecule has 3 amide bonds. The van der Waals surface area contributed by atoms with E-state index in [1.807, 2.05) is 24.3 Å². The molecule has 3 aromatic carbocycles. The van der Waals surface area contributed by atoms with Gasteiger partial charge in [0.2, 0.25) is 11.8 Å². The molecule has 2 heterocycles. The third kappa shape index (κ3) is 6.30. The van der Waals surface area contributed by atoms with Crippen LogP contribution in [0.4, 0.5) is 0 Å². The largest absolute Gasteiger partial charge is 0.480 e. The lowest BCUT2D eigenvalue weighted by Crippen LogP contribution is -2.49. The Morgan fingerprint density at radius 1 is 0.732 bits per heavy atom. The van der Waals surface area contributed by atoms with Gasteiger partial charge >= 0.3 is 5.97 Å². The van der Waals surface area contributed by atoms with Crippen LogP contribution in [0.15, 0.2) is 64.1 Å². The molecule has 0 spiro atoms. The molecule has 0 bridgehead atoms. The Hall–Kier alpha value is -3.32. The van der Waals surface area contributed by atoms with Crippen molar-refractivity contribution >= 4 is 101 Å². The summed E-state index contributed by atoms with van der Waals surface area (Å²) in [5.41, 5.74) is 0.407. The van der Waals surface area contributed by atoms with Gasteiger partial charge in [-0.2, -0.15) is 0 Å². The van der Waals surface area contributed by atoms with Crippen molar-refractivity contribution in [1.29, 1.82) is 0 Å². The Morgan fingerprint density at radius 2 is 1.27 bits per heavy atom. The maximum Gasteiger partial charge on any atom is 0.325 e. The molecule has 2 atom stereocenters. The molecular formula is C29H25N3O5S4. The van der Waals surface area contributed by atoms with E-state index in [4.69, 9.17) is 5.11 Å². The van der Waals surface area contributed by atoms with Gasteiger partial charge < -0.3 is 21.1 Å². The minimum absolute atomic E-state index is 0.405. The van der Waals surface area contributed by atoms with Crippen LogP contribution in [0.3, 0.4) is 0 Å². The summed E-state index contributed by atoms with van der Waals surface area (Å²) in [5, 5.41) is 31.0. The first-order valence-corrected chi connectivity index (χ1v) is 16.1. The first kappa shape index (κ1) is 29.2. The first-order chi connectivity index (χ1) is 19.7. The Bertz CT molecular complexity index is 1770. The predicted octanol–water partition coefficient (Wildman–Crippen LogP) is 3.85. The molecule has 2 aliphatic rings. The van der Waals surface area contributed by atoms with Crippen molar-refractivity contribution in [2.45, 2.75) is 25.9 Å². The number of carboxylic acids is 1. The number of aliphatic carboxylic acids is 1. The van der Waals surface area contributed by atoms with Gasteiger partial charge in [0.25, 0.3) is 5.91 Å². The van der Waals surface area contributed by atoms with Gasteiger partial charge in [-0.25, -0.2) is 0 Å². The minimum atomic E-state index is -1.18. The molecule has 0 aliphatic carbocycles. The summed E-state index contributed by atoms with van der Waals surface area (Å²) in [6.07, 6.45) is 0. The van der Waals surface area contributed by atoms with E-state index in [9.17, 15) is 19.2 Å². The summed E-state index contributed by atoms with van der Waals surface area (Å²) < 4.78 is 2.31. The van der Waals surface area contributed by atoms with Crippen LogP contribution in [-0.4, -0.2) is 47.4 Å². The number of nitrogens with one attached hydrogen (secondary N) is 3. The zero-order chi connectivity index (χ0) is 29.1.